The fourth-order valence-electron chi connectivity index (χ4n) is 15.3. The fourth-order valence-corrected chi connectivity index (χ4v) is 15.3. The van der Waals surface area contributed by atoms with Crippen LogP contribution in [0, 0.1) is 0 Å². The van der Waals surface area contributed by atoms with E-state index in [1.807, 2.05) is 0 Å². The summed E-state index contributed by atoms with van der Waals surface area (Å²) in [6, 6.07) is 14.3. The Bertz CT molecular complexity index is 3490. The maximum atomic E-state index is 5.93. The second-order valence-electron chi connectivity index (χ2n) is 22.8. The Hall–Kier alpha value is -6.80. The van der Waals surface area contributed by atoms with E-state index in [0.29, 0.717) is 0 Å². The number of aryl methyl sites for hydroxylation is 8. The molecule has 0 atom stereocenters. The number of allylic oxidation sites excluding steroid dienone is 8. The van der Waals surface area contributed by atoms with Crippen LogP contribution in [0.25, 0.3) is 88.7 Å². The maximum Gasteiger partial charge on any atom is 0.0726 e. The van der Waals surface area contributed by atoms with Gasteiger partial charge in [0, 0.05) is 55.3 Å². The summed E-state index contributed by atoms with van der Waals surface area (Å²) in [6.45, 7) is 37.1. The molecule has 0 aliphatic carbocycles. The normalized spacial score (nSPS) is 13.8. The van der Waals surface area contributed by atoms with Crippen molar-refractivity contribution in [3.63, 3.8) is 0 Å². The van der Waals surface area contributed by atoms with Crippen LogP contribution in [-0.4, -0.2) is 39.9 Å². The second kappa shape index (κ2) is 24.6. The van der Waals surface area contributed by atoms with Crippen molar-refractivity contribution in [1.29, 1.82) is 0 Å². The number of aromatic nitrogens is 8. The van der Waals surface area contributed by atoms with Gasteiger partial charge in [0.05, 0.1) is 45.6 Å². The molecule has 6 aromatic heterocycles. The lowest BCUT2D eigenvalue weighted by Gasteiger charge is -2.15. The highest BCUT2D eigenvalue weighted by molar-refractivity contribution is 6.00. The van der Waals surface area contributed by atoms with Crippen molar-refractivity contribution in [2.45, 2.75) is 226 Å². The van der Waals surface area contributed by atoms with E-state index in [1.54, 1.807) is 0 Å². The second-order valence-corrected chi connectivity index (χ2v) is 22.8. The average molecular weight is 1100 g/mol. The minimum absolute atomic E-state index is 0.728. The third-order valence-corrected chi connectivity index (χ3v) is 19.0. The van der Waals surface area contributed by atoms with Crippen molar-refractivity contribution in [3.8, 4) is 0 Å². The van der Waals surface area contributed by atoms with E-state index < -0.39 is 0 Å². The minimum atomic E-state index is 0.728. The van der Waals surface area contributed by atoms with E-state index >= 15 is 0 Å². The first-order valence-corrected chi connectivity index (χ1v) is 32.4. The van der Waals surface area contributed by atoms with Crippen LogP contribution < -0.4 is 0 Å². The van der Waals surface area contributed by atoms with Crippen LogP contribution in [-0.2, 0) is 64.2 Å². The first-order chi connectivity index (χ1) is 39.9. The lowest BCUT2D eigenvalue weighted by atomic mass is 9.88. The fraction of sp³-hybridized carbons (Fsp3) is 0.459. The van der Waals surface area contributed by atoms with Gasteiger partial charge >= 0.3 is 0 Å². The van der Waals surface area contributed by atoms with E-state index in [2.05, 4.69) is 167 Å². The molecular formula is C74H94N8. The van der Waals surface area contributed by atoms with E-state index in [4.69, 9.17) is 19.9 Å². The zero-order valence-corrected chi connectivity index (χ0v) is 53.0. The van der Waals surface area contributed by atoms with Crippen LogP contribution in [0.1, 0.15) is 263 Å². The number of aromatic amines is 4. The van der Waals surface area contributed by atoms with Crippen molar-refractivity contribution >= 4 is 88.7 Å². The van der Waals surface area contributed by atoms with Gasteiger partial charge in [-0.05, 0) is 241 Å². The number of hydrogen-bond acceptors (Lipinski definition) is 4. The smallest absolute Gasteiger partial charge is 0.0726 e. The molecule has 4 aliphatic rings. The molecule has 0 radical (unpaired) electrons. The number of rotatable bonds is 19. The van der Waals surface area contributed by atoms with Gasteiger partial charge < -0.3 is 19.9 Å². The van der Waals surface area contributed by atoms with Gasteiger partial charge in [-0.15, -0.1) is 0 Å². The van der Waals surface area contributed by atoms with Gasteiger partial charge in [0.15, 0.2) is 0 Å². The highest BCUT2D eigenvalue weighted by Crippen LogP contribution is 2.46. The molecule has 8 heteroatoms. The van der Waals surface area contributed by atoms with E-state index in [-0.39, 0.29) is 0 Å². The van der Waals surface area contributed by atoms with Gasteiger partial charge in [0.1, 0.15) is 0 Å². The van der Waals surface area contributed by atoms with Gasteiger partial charge in [-0.2, -0.15) is 0 Å². The third-order valence-electron chi connectivity index (χ3n) is 19.0. The van der Waals surface area contributed by atoms with Crippen LogP contribution in [0.5, 0.6) is 0 Å². The number of H-pyrrole nitrogens is 4. The van der Waals surface area contributed by atoms with E-state index in [0.717, 1.165) is 161 Å². The Kier molecular flexibility index (Phi) is 17.5. The van der Waals surface area contributed by atoms with Gasteiger partial charge in [-0.25, -0.2) is 19.9 Å². The first kappa shape index (κ1) is 58.4. The molecule has 16 bridgehead atoms. The Balaban J connectivity index is 1.38. The standard InChI is InChI=1S/C74H94N8/c1-17-41-45(21-5)63-37-67-49(25-9)53(29-13)71(79-67)57(72-54(30-14)50(26-10)68(80-72)38-64-46(22-6)42(18-2)60(76-64)35-59(41)75-63)33-34-58-73-55(31-15)51(27-11)69(81-73)39-65-47(23-7)43(19-3)61(77-65)36-62-44(20-4)48(24-8)66(78-62)40-70-52(28-12)56(32-16)74(58)82-70/h35-40,75-78H,17-34H2,1-16H3. The Morgan fingerprint density at radius 2 is 0.378 bits per heavy atom. The van der Waals surface area contributed by atoms with Gasteiger partial charge in [-0.3, -0.25) is 0 Å². The van der Waals surface area contributed by atoms with E-state index in [1.165, 1.54) is 144 Å². The molecule has 0 fully saturated rings. The molecule has 0 unspecified atom stereocenters. The van der Waals surface area contributed by atoms with Crippen molar-refractivity contribution < 1.29 is 0 Å². The summed E-state index contributed by atoms with van der Waals surface area (Å²) in [5.41, 5.74) is 42.4. The summed E-state index contributed by atoms with van der Waals surface area (Å²) in [7, 11) is 0. The molecule has 0 saturated carbocycles. The summed E-state index contributed by atoms with van der Waals surface area (Å²) in [5, 5.41) is 0. The van der Waals surface area contributed by atoms with Crippen molar-refractivity contribution in [3.05, 3.63) is 138 Å². The molecule has 10 rings (SSSR count). The topological polar surface area (TPSA) is 115 Å². The molecule has 0 spiro atoms. The van der Waals surface area contributed by atoms with Crippen LogP contribution in [0.2, 0.25) is 0 Å². The zero-order valence-electron chi connectivity index (χ0n) is 53.0. The lowest BCUT2D eigenvalue weighted by Crippen LogP contribution is -2.06. The quantitative estimate of drug-likeness (QED) is 0.0647. The third kappa shape index (κ3) is 9.71. The molecular weight excluding hydrogens is 1000 g/mol. The van der Waals surface area contributed by atoms with Crippen LogP contribution >= 0.6 is 0 Å². The highest BCUT2D eigenvalue weighted by atomic mass is 14.8. The zero-order chi connectivity index (χ0) is 58.3. The van der Waals surface area contributed by atoms with Gasteiger partial charge in [0.25, 0.3) is 0 Å². The number of nitrogens with one attached hydrogen (secondary N) is 4. The summed E-state index contributed by atoms with van der Waals surface area (Å²) in [6.07, 6.45) is 16.1. The summed E-state index contributed by atoms with van der Waals surface area (Å²) in [5.74, 6) is 0. The van der Waals surface area contributed by atoms with Crippen molar-refractivity contribution in [1.82, 2.24) is 39.9 Å². The van der Waals surface area contributed by atoms with Gasteiger partial charge in [-0.1, -0.05) is 111 Å². The van der Waals surface area contributed by atoms with Crippen LogP contribution in [0.4, 0.5) is 0 Å². The van der Waals surface area contributed by atoms with Crippen LogP contribution in [0.3, 0.4) is 0 Å². The first-order valence-electron chi connectivity index (χ1n) is 32.4. The largest absolute Gasteiger partial charge is 0.355 e. The summed E-state index contributed by atoms with van der Waals surface area (Å²) < 4.78 is 0. The van der Waals surface area contributed by atoms with Crippen LogP contribution in [0.15, 0.2) is 36.4 Å². The molecule has 82 heavy (non-hydrogen) atoms. The summed E-state index contributed by atoms with van der Waals surface area (Å²) in [4.78, 5) is 39.7. The van der Waals surface area contributed by atoms with Crippen molar-refractivity contribution in [2.75, 3.05) is 0 Å². The predicted octanol–water partition coefficient (Wildman–Crippen LogP) is 20.2. The van der Waals surface area contributed by atoms with Gasteiger partial charge in [0.2, 0.25) is 0 Å². The molecule has 4 aliphatic heterocycles. The summed E-state index contributed by atoms with van der Waals surface area (Å²) >= 11 is 0. The Morgan fingerprint density at radius 1 is 0.207 bits per heavy atom. The molecule has 4 N–H and O–H groups in total. The molecule has 0 amide bonds. The molecule has 0 aromatic carbocycles. The van der Waals surface area contributed by atoms with Crippen molar-refractivity contribution in [2.24, 2.45) is 0 Å². The Morgan fingerprint density at radius 3 is 0.537 bits per heavy atom. The SMILES string of the molecule is CCC1=C(CC)c2nc1cc1[nH]c(cc3[nH]c(cc4nc(c2CCc2c5nc(cc6[nH]c(cc7[nH]c(cc8nc2C(CC)=C8CC)c(CC)c7CC)c(CC)c6CC)C(CC)=C5CC)C(CC)=C4CC)c(CC)c3CC)c(CC)c1CC. The lowest BCUT2D eigenvalue weighted by molar-refractivity contribution is 0.908. The molecule has 0 saturated heterocycles. The number of nitrogens with zero attached hydrogens (tertiary/aromatic N) is 4. The monoisotopic (exact) mass is 1090 g/mol. The maximum absolute atomic E-state index is 5.93. The molecule has 6 aromatic rings. The minimum Gasteiger partial charge on any atom is -0.355 e. The number of fused-ring (bicyclic) bond motifs is 16. The number of hydrogen-bond donors (Lipinski definition) is 4. The molecule has 430 valence electrons. The molecule has 8 nitrogen and oxygen atoms in total. The van der Waals surface area contributed by atoms with E-state index in [9.17, 15) is 0 Å². The Labute approximate surface area is 490 Å². The highest BCUT2D eigenvalue weighted by Gasteiger charge is 2.31. The predicted molar refractivity (Wildman–Crippen MR) is 354 cm³/mol. The molecule has 10 heterocycles. The average Bonchev–Trinajstić information content (AvgIpc) is 4.25.